The number of aliphatic carboxylic acids is 1. The lowest BCUT2D eigenvalue weighted by Crippen LogP contribution is -2.46. The van der Waals surface area contributed by atoms with Crippen LogP contribution in [-0.2, 0) is 9.53 Å². The predicted molar refractivity (Wildman–Crippen MR) is 66.5 cm³/mol. The largest absolute Gasteiger partial charge is 0.481 e. The van der Waals surface area contributed by atoms with Crippen LogP contribution in [-0.4, -0.2) is 54.9 Å². The van der Waals surface area contributed by atoms with Crippen molar-refractivity contribution in [3.05, 3.63) is 0 Å². The molecule has 2 N–H and O–H groups in total. The van der Waals surface area contributed by atoms with Crippen LogP contribution in [0.4, 0.5) is 4.79 Å². The summed E-state index contributed by atoms with van der Waals surface area (Å²) in [7, 11) is 0. The van der Waals surface area contributed by atoms with E-state index >= 15 is 0 Å². The number of hydrogen-bond acceptors (Lipinski definition) is 3. The van der Waals surface area contributed by atoms with E-state index in [2.05, 4.69) is 5.32 Å². The van der Waals surface area contributed by atoms with E-state index in [0.717, 1.165) is 19.3 Å². The monoisotopic (exact) mass is 258 g/mol. The van der Waals surface area contributed by atoms with Crippen LogP contribution in [0.2, 0.25) is 0 Å². The van der Waals surface area contributed by atoms with Gasteiger partial charge in [0.25, 0.3) is 0 Å². The van der Waals surface area contributed by atoms with E-state index in [0.29, 0.717) is 39.3 Å². The number of amides is 2. The highest BCUT2D eigenvalue weighted by molar-refractivity contribution is 5.74. The fourth-order valence-electron chi connectivity index (χ4n) is 1.83. The Bertz CT molecular complexity index is 265. The first-order valence-electron chi connectivity index (χ1n) is 6.52. The standard InChI is InChI=1S/C12H22N2O4/c15-11(16)5-3-1-2-4-6-13-12(17)14-7-9-18-10-8-14/h1-10H2,(H,13,17)(H,15,16). The van der Waals surface area contributed by atoms with Crippen LogP contribution in [0.3, 0.4) is 0 Å². The average molecular weight is 258 g/mol. The minimum atomic E-state index is -0.740. The van der Waals surface area contributed by atoms with Crippen LogP contribution >= 0.6 is 0 Å². The third kappa shape index (κ3) is 6.44. The summed E-state index contributed by atoms with van der Waals surface area (Å²) in [6.45, 7) is 3.20. The van der Waals surface area contributed by atoms with Gasteiger partial charge in [-0.3, -0.25) is 4.79 Å². The van der Waals surface area contributed by atoms with Crippen molar-refractivity contribution in [2.45, 2.75) is 32.1 Å². The number of carboxylic acid groups (broad SMARTS) is 1. The van der Waals surface area contributed by atoms with Crippen molar-refractivity contribution in [2.24, 2.45) is 0 Å². The molecule has 0 unspecified atom stereocenters. The van der Waals surface area contributed by atoms with Gasteiger partial charge in [-0.15, -0.1) is 0 Å². The number of nitrogens with one attached hydrogen (secondary N) is 1. The van der Waals surface area contributed by atoms with Gasteiger partial charge < -0.3 is 20.1 Å². The van der Waals surface area contributed by atoms with Gasteiger partial charge in [-0.25, -0.2) is 4.79 Å². The van der Waals surface area contributed by atoms with Crippen molar-refractivity contribution in [1.82, 2.24) is 10.2 Å². The van der Waals surface area contributed by atoms with Gasteiger partial charge >= 0.3 is 12.0 Å². The molecule has 0 aromatic carbocycles. The number of ether oxygens (including phenoxy) is 1. The van der Waals surface area contributed by atoms with Gasteiger partial charge in [0, 0.05) is 26.1 Å². The molecule has 0 bridgehead atoms. The molecule has 6 nitrogen and oxygen atoms in total. The van der Waals surface area contributed by atoms with Gasteiger partial charge in [-0.05, 0) is 12.8 Å². The second-order valence-electron chi connectivity index (χ2n) is 4.39. The lowest BCUT2D eigenvalue weighted by molar-refractivity contribution is -0.137. The second-order valence-corrected chi connectivity index (χ2v) is 4.39. The molecule has 0 spiro atoms. The van der Waals surface area contributed by atoms with Gasteiger partial charge in [0.15, 0.2) is 0 Å². The third-order valence-electron chi connectivity index (χ3n) is 2.89. The molecule has 1 heterocycles. The van der Waals surface area contributed by atoms with E-state index in [1.165, 1.54) is 0 Å². The van der Waals surface area contributed by atoms with Crippen LogP contribution in [0, 0.1) is 0 Å². The molecule has 1 fully saturated rings. The highest BCUT2D eigenvalue weighted by atomic mass is 16.5. The zero-order chi connectivity index (χ0) is 13.2. The smallest absolute Gasteiger partial charge is 0.317 e. The van der Waals surface area contributed by atoms with Crippen molar-refractivity contribution in [1.29, 1.82) is 0 Å². The van der Waals surface area contributed by atoms with E-state index in [9.17, 15) is 9.59 Å². The SMILES string of the molecule is O=C(O)CCCCCCNC(=O)N1CCOCC1. The predicted octanol–water partition coefficient (Wildman–Crippen LogP) is 1.06. The van der Waals surface area contributed by atoms with Crippen LogP contribution in [0.25, 0.3) is 0 Å². The maximum absolute atomic E-state index is 11.7. The van der Waals surface area contributed by atoms with Crippen LogP contribution < -0.4 is 5.32 Å². The van der Waals surface area contributed by atoms with Crippen LogP contribution in [0.15, 0.2) is 0 Å². The second kappa shape index (κ2) is 8.74. The molecule has 0 radical (unpaired) electrons. The topological polar surface area (TPSA) is 78.9 Å². The Morgan fingerprint density at radius 2 is 1.78 bits per heavy atom. The fraction of sp³-hybridized carbons (Fsp3) is 0.833. The summed E-state index contributed by atoms with van der Waals surface area (Å²) >= 11 is 0. The summed E-state index contributed by atoms with van der Waals surface area (Å²) in [5.74, 6) is -0.740. The third-order valence-corrected chi connectivity index (χ3v) is 2.89. The number of morpholine rings is 1. The Morgan fingerprint density at radius 3 is 2.44 bits per heavy atom. The molecule has 1 aliphatic heterocycles. The van der Waals surface area contributed by atoms with E-state index in [1.807, 2.05) is 0 Å². The number of carboxylic acids is 1. The molecule has 0 saturated carbocycles. The van der Waals surface area contributed by atoms with Gasteiger partial charge in [-0.1, -0.05) is 12.8 Å². The molecule has 18 heavy (non-hydrogen) atoms. The fourth-order valence-corrected chi connectivity index (χ4v) is 1.83. The van der Waals surface area contributed by atoms with E-state index in [4.69, 9.17) is 9.84 Å². The van der Waals surface area contributed by atoms with Crippen molar-refractivity contribution < 1.29 is 19.4 Å². The normalized spacial score (nSPS) is 15.4. The molecule has 0 aromatic rings. The highest BCUT2D eigenvalue weighted by Gasteiger charge is 2.15. The Labute approximate surface area is 107 Å². The van der Waals surface area contributed by atoms with E-state index < -0.39 is 5.97 Å². The summed E-state index contributed by atoms with van der Waals surface area (Å²) in [5.41, 5.74) is 0. The van der Waals surface area contributed by atoms with Gasteiger partial charge in [0.2, 0.25) is 0 Å². The zero-order valence-electron chi connectivity index (χ0n) is 10.7. The minimum absolute atomic E-state index is 0.0242. The maximum Gasteiger partial charge on any atom is 0.317 e. The van der Waals surface area contributed by atoms with E-state index in [1.54, 1.807) is 4.90 Å². The molecule has 1 saturated heterocycles. The van der Waals surface area contributed by atoms with Gasteiger partial charge in [0.05, 0.1) is 13.2 Å². The maximum atomic E-state index is 11.7. The summed E-state index contributed by atoms with van der Waals surface area (Å²) in [4.78, 5) is 23.7. The summed E-state index contributed by atoms with van der Waals surface area (Å²) in [6, 6.07) is -0.0242. The highest BCUT2D eigenvalue weighted by Crippen LogP contribution is 2.02. The molecule has 1 rings (SSSR count). The number of carbonyl (C=O) groups is 2. The van der Waals surface area contributed by atoms with Gasteiger partial charge in [-0.2, -0.15) is 0 Å². The number of carbonyl (C=O) groups excluding carboxylic acids is 1. The Morgan fingerprint density at radius 1 is 1.11 bits per heavy atom. The first kappa shape index (κ1) is 14.8. The zero-order valence-corrected chi connectivity index (χ0v) is 10.7. The van der Waals surface area contributed by atoms with Gasteiger partial charge in [0.1, 0.15) is 0 Å². The lowest BCUT2D eigenvalue weighted by atomic mass is 10.1. The summed E-state index contributed by atoms with van der Waals surface area (Å²) in [5, 5.41) is 11.3. The Balaban J connectivity index is 1.93. The minimum Gasteiger partial charge on any atom is -0.481 e. The molecular weight excluding hydrogens is 236 g/mol. The quantitative estimate of drug-likeness (QED) is 0.669. The number of hydrogen-bond donors (Lipinski definition) is 2. The van der Waals surface area contributed by atoms with Crippen molar-refractivity contribution >= 4 is 12.0 Å². The number of urea groups is 1. The van der Waals surface area contributed by atoms with E-state index in [-0.39, 0.29) is 12.5 Å². The molecule has 0 aliphatic carbocycles. The number of nitrogens with zero attached hydrogens (tertiary/aromatic N) is 1. The number of rotatable bonds is 7. The molecule has 6 heteroatoms. The molecule has 2 amide bonds. The van der Waals surface area contributed by atoms with Crippen molar-refractivity contribution in [3.63, 3.8) is 0 Å². The molecule has 1 aliphatic rings. The first-order valence-corrected chi connectivity index (χ1v) is 6.52. The number of unbranched alkanes of at least 4 members (excludes halogenated alkanes) is 3. The molecular formula is C12H22N2O4. The Kier molecular flexibility index (Phi) is 7.17. The van der Waals surface area contributed by atoms with Crippen molar-refractivity contribution in [3.8, 4) is 0 Å². The molecule has 0 atom stereocenters. The lowest BCUT2D eigenvalue weighted by Gasteiger charge is -2.26. The Hall–Kier alpha value is -1.30. The molecule has 104 valence electrons. The van der Waals surface area contributed by atoms with Crippen molar-refractivity contribution in [2.75, 3.05) is 32.8 Å². The first-order chi connectivity index (χ1) is 8.70. The summed E-state index contributed by atoms with van der Waals surface area (Å²) in [6.07, 6.45) is 3.71. The van der Waals surface area contributed by atoms with Crippen LogP contribution in [0.5, 0.6) is 0 Å². The average Bonchev–Trinajstić information content (AvgIpc) is 2.38. The van der Waals surface area contributed by atoms with Crippen LogP contribution in [0.1, 0.15) is 32.1 Å². The summed E-state index contributed by atoms with van der Waals surface area (Å²) < 4.78 is 5.17. The molecule has 0 aromatic heterocycles.